The number of anilines is 3. The molecule has 0 fully saturated rings. The van der Waals surface area contributed by atoms with Crippen molar-refractivity contribution in [2.45, 2.75) is 50.9 Å². The van der Waals surface area contributed by atoms with Crippen LogP contribution < -0.4 is 4.90 Å². The Kier molecular flexibility index (Phi) is 7.15. The van der Waals surface area contributed by atoms with Crippen molar-refractivity contribution in [2.24, 2.45) is 0 Å². The fraction of sp³-hybridized carbons (Fsp3) is 0.143. The lowest BCUT2D eigenvalue weighted by Gasteiger charge is -2.32. The summed E-state index contributed by atoms with van der Waals surface area (Å²) in [4.78, 5) is 2.52. The number of hydrogen-bond donors (Lipinski definition) is 0. The van der Waals surface area contributed by atoms with E-state index in [2.05, 4.69) is 222 Å². The predicted molar refractivity (Wildman–Crippen MR) is 239 cm³/mol. The summed E-state index contributed by atoms with van der Waals surface area (Å²) in [6, 6.07) is 68.7. The largest absolute Gasteiger partial charge is 0.310 e. The lowest BCUT2D eigenvalue weighted by Crippen LogP contribution is -2.26. The molecule has 0 N–H and O–H groups in total. The van der Waals surface area contributed by atoms with Gasteiger partial charge in [-0.3, -0.25) is 0 Å². The highest BCUT2D eigenvalue weighted by molar-refractivity contribution is 6.01. The van der Waals surface area contributed by atoms with Crippen LogP contribution in [-0.4, -0.2) is 0 Å². The lowest BCUT2D eigenvalue weighted by atomic mass is 9.70. The molecule has 0 aromatic heterocycles. The van der Waals surface area contributed by atoms with Gasteiger partial charge in [-0.25, -0.2) is 0 Å². The van der Waals surface area contributed by atoms with Gasteiger partial charge in [-0.15, -0.1) is 0 Å². The minimum Gasteiger partial charge on any atom is -0.310 e. The summed E-state index contributed by atoms with van der Waals surface area (Å²) in [5.74, 6) is 0. The Morgan fingerprint density at radius 3 is 1.44 bits per heavy atom. The first kappa shape index (κ1) is 33.9. The smallest absolute Gasteiger partial charge is 0.0726 e. The van der Waals surface area contributed by atoms with E-state index in [9.17, 15) is 0 Å². The van der Waals surface area contributed by atoms with Crippen LogP contribution in [0.25, 0.3) is 44.5 Å². The minimum atomic E-state index is -0.411. The molecule has 0 unspecified atom stereocenters. The number of fused-ring (bicyclic) bond motifs is 13. The predicted octanol–water partition coefficient (Wildman–Crippen LogP) is 14.8. The topological polar surface area (TPSA) is 3.24 Å². The first-order chi connectivity index (χ1) is 27.7. The molecule has 3 aliphatic rings. The van der Waals surface area contributed by atoms with Crippen molar-refractivity contribution in [3.63, 3.8) is 0 Å². The van der Waals surface area contributed by atoms with Gasteiger partial charge in [0.2, 0.25) is 0 Å². The van der Waals surface area contributed by atoms with Gasteiger partial charge in [0, 0.05) is 22.4 Å². The normalized spacial score (nSPS) is 14.7. The Morgan fingerprint density at radius 1 is 0.386 bits per heavy atom. The summed E-state index contributed by atoms with van der Waals surface area (Å²) in [5, 5.41) is 0. The monoisotopic (exact) mass is 731 g/mol. The van der Waals surface area contributed by atoms with E-state index in [0.717, 1.165) is 11.4 Å². The third-order valence-electron chi connectivity index (χ3n) is 13.3. The molecule has 0 saturated carbocycles. The molecule has 0 bridgehead atoms. The van der Waals surface area contributed by atoms with Crippen molar-refractivity contribution in [1.29, 1.82) is 0 Å². The summed E-state index contributed by atoms with van der Waals surface area (Å²) in [6.45, 7) is 11.6. The molecule has 3 aliphatic carbocycles. The second-order valence-electron chi connectivity index (χ2n) is 17.7. The van der Waals surface area contributed by atoms with Gasteiger partial charge < -0.3 is 4.90 Å². The third-order valence-corrected chi connectivity index (χ3v) is 13.3. The van der Waals surface area contributed by atoms with Crippen molar-refractivity contribution < 1.29 is 0 Å². The van der Waals surface area contributed by atoms with Crippen molar-refractivity contribution >= 4 is 17.1 Å². The molecule has 1 heteroatoms. The molecule has 8 aromatic carbocycles. The summed E-state index contributed by atoms with van der Waals surface area (Å²) in [6.07, 6.45) is 0. The van der Waals surface area contributed by atoms with Crippen molar-refractivity contribution in [3.05, 3.63) is 221 Å². The summed E-state index contributed by atoms with van der Waals surface area (Å²) < 4.78 is 0. The molecule has 0 aliphatic heterocycles. The van der Waals surface area contributed by atoms with Crippen LogP contribution in [-0.2, 0) is 16.2 Å². The maximum Gasteiger partial charge on any atom is 0.0726 e. The fourth-order valence-electron chi connectivity index (χ4n) is 10.5. The van der Waals surface area contributed by atoms with Crippen LogP contribution in [0.5, 0.6) is 0 Å². The molecule has 0 atom stereocenters. The van der Waals surface area contributed by atoms with E-state index < -0.39 is 5.41 Å². The van der Waals surface area contributed by atoms with Gasteiger partial charge in [0.1, 0.15) is 0 Å². The van der Waals surface area contributed by atoms with Crippen LogP contribution >= 0.6 is 0 Å². The first-order valence-electron chi connectivity index (χ1n) is 20.4. The van der Waals surface area contributed by atoms with Crippen LogP contribution in [0.1, 0.15) is 73.6 Å². The SMILES string of the molecule is CC(C)(C)c1ccc(-c2ccc(N(c3ccc4c(c3)C(C)(C)c3ccccc3-4)c3cccc4c3-c3ccccc3C43c4ccccc4-c4ccccc43)cc2)cc1. The van der Waals surface area contributed by atoms with Gasteiger partial charge in [0.15, 0.2) is 0 Å². The summed E-state index contributed by atoms with van der Waals surface area (Å²) >= 11 is 0. The molecule has 1 nitrogen and oxygen atoms in total. The molecule has 0 amide bonds. The number of hydrogen-bond acceptors (Lipinski definition) is 1. The van der Waals surface area contributed by atoms with E-state index in [1.165, 1.54) is 89.1 Å². The molecule has 57 heavy (non-hydrogen) atoms. The number of nitrogens with zero attached hydrogens (tertiary/aromatic N) is 1. The maximum absolute atomic E-state index is 2.52. The average molecular weight is 732 g/mol. The van der Waals surface area contributed by atoms with E-state index in [4.69, 9.17) is 0 Å². The second kappa shape index (κ2) is 12.0. The van der Waals surface area contributed by atoms with E-state index in [1.54, 1.807) is 0 Å². The quantitative estimate of drug-likeness (QED) is 0.174. The Labute approximate surface area is 336 Å². The maximum atomic E-state index is 2.52. The Morgan fingerprint density at radius 2 is 0.842 bits per heavy atom. The van der Waals surface area contributed by atoms with Crippen molar-refractivity contribution in [1.82, 2.24) is 0 Å². The van der Waals surface area contributed by atoms with Crippen molar-refractivity contribution in [3.8, 4) is 44.5 Å². The molecule has 0 heterocycles. The highest BCUT2D eigenvalue weighted by atomic mass is 15.1. The minimum absolute atomic E-state index is 0.116. The van der Waals surface area contributed by atoms with Gasteiger partial charge in [0.05, 0.1) is 11.1 Å². The third kappa shape index (κ3) is 4.69. The molecule has 11 rings (SSSR count). The number of benzene rings is 8. The van der Waals surface area contributed by atoms with Gasteiger partial charge in [-0.05, 0) is 114 Å². The standard InChI is InChI=1S/C56H45N/c1-54(2,3)38-29-25-36(26-30-38)37-27-31-39(32-28-37)57(40-33-34-44-41-15-6-10-19-46(41)55(4,5)51(44)35-40)52-24-14-23-50-53(52)45-18-9-13-22-49(45)56(50)47-20-11-7-16-42(47)43-17-8-12-21-48(43)56/h6-35H,1-5H3. The molecule has 274 valence electrons. The van der Waals surface area contributed by atoms with E-state index in [0.29, 0.717) is 0 Å². The Hall–Kier alpha value is -6.44. The van der Waals surface area contributed by atoms with Crippen molar-refractivity contribution in [2.75, 3.05) is 4.90 Å². The zero-order chi connectivity index (χ0) is 38.7. The van der Waals surface area contributed by atoms with Gasteiger partial charge in [0.25, 0.3) is 0 Å². The van der Waals surface area contributed by atoms with E-state index in [-0.39, 0.29) is 10.8 Å². The summed E-state index contributed by atoms with van der Waals surface area (Å²) in [5.41, 5.74) is 22.9. The van der Waals surface area contributed by atoms with Crippen LogP contribution in [0.3, 0.4) is 0 Å². The average Bonchev–Trinajstić information content (AvgIpc) is 3.80. The van der Waals surface area contributed by atoms with Crippen LogP contribution in [0.4, 0.5) is 17.1 Å². The highest BCUT2D eigenvalue weighted by Gasteiger charge is 2.52. The molecule has 0 saturated heterocycles. The van der Waals surface area contributed by atoms with E-state index >= 15 is 0 Å². The van der Waals surface area contributed by atoms with Crippen LogP contribution in [0, 0.1) is 0 Å². The van der Waals surface area contributed by atoms with E-state index in [1.807, 2.05) is 0 Å². The van der Waals surface area contributed by atoms with Gasteiger partial charge in [-0.1, -0.05) is 186 Å². The van der Waals surface area contributed by atoms with Crippen LogP contribution in [0.15, 0.2) is 182 Å². The van der Waals surface area contributed by atoms with Crippen LogP contribution in [0.2, 0.25) is 0 Å². The first-order valence-corrected chi connectivity index (χ1v) is 20.4. The molecule has 8 aromatic rings. The Balaban J connectivity index is 1.15. The van der Waals surface area contributed by atoms with Gasteiger partial charge >= 0.3 is 0 Å². The summed E-state index contributed by atoms with van der Waals surface area (Å²) in [7, 11) is 0. The second-order valence-corrected chi connectivity index (χ2v) is 17.7. The van der Waals surface area contributed by atoms with Gasteiger partial charge in [-0.2, -0.15) is 0 Å². The molecule has 1 spiro atoms. The Bertz CT molecular complexity index is 2860. The number of rotatable bonds is 4. The lowest BCUT2D eigenvalue weighted by molar-refractivity contribution is 0.590. The zero-order valence-corrected chi connectivity index (χ0v) is 33.3. The zero-order valence-electron chi connectivity index (χ0n) is 33.3. The molecule has 0 radical (unpaired) electrons. The molecular formula is C56H45N. The molecular weight excluding hydrogens is 687 g/mol. The highest BCUT2D eigenvalue weighted by Crippen LogP contribution is 2.65. The fourth-order valence-corrected chi connectivity index (χ4v) is 10.5.